The summed E-state index contributed by atoms with van der Waals surface area (Å²) in [6, 6.07) is 7.66. The predicted molar refractivity (Wildman–Crippen MR) is 105 cm³/mol. The van der Waals surface area contributed by atoms with Crippen LogP contribution < -0.4 is 10.2 Å². The molecule has 1 atom stereocenters. The number of carbonyl (C=O) groups excluding carboxylic acids is 1. The Labute approximate surface area is 161 Å². The number of piperidine rings is 1. The van der Waals surface area contributed by atoms with Gasteiger partial charge in [0.25, 0.3) is 0 Å². The summed E-state index contributed by atoms with van der Waals surface area (Å²) in [5.41, 5.74) is 0.847. The van der Waals surface area contributed by atoms with Crippen LogP contribution in [0.1, 0.15) is 32.1 Å². The van der Waals surface area contributed by atoms with Crippen LogP contribution in [0.15, 0.2) is 24.3 Å². The molecule has 1 N–H and O–H groups in total. The molecule has 3 fully saturated rings. The lowest BCUT2D eigenvalue weighted by atomic mass is 9.85. The lowest BCUT2D eigenvalue weighted by molar-refractivity contribution is -0.121. The molecule has 0 bridgehead atoms. The Hall–Kier alpha value is -1.66. The first-order valence-corrected chi connectivity index (χ1v) is 10.3. The predicted octanol–water partition coefficient (Wildman–Crippen LogP) is 2.08. The van der Waals surface area contributed by atoms with Gasteiger partial charge in [-0.3, -0.25) is 14.6 Å². The van der Waals surface area contributed by atoms with Crippen LogP contribution in [-0.2, 0) is 4.79 Å². The van der Waals surface area contributed by atoms with E-state index in [0.717, 1.165) is 70.6 Å². The van der Waals surface area contributed by atoms with Gasteiger partial charge in [0.1, 0.15) is 5.82 Å². The molecule has 27 heavy (non-hydrogen) atoms. The van der Waals surface area contributed by atoms with Crippen molar-refractivity contribution in [1.29, 1.82) is 0 Å². The second kappa shape index (κ2) is 7.76. The minimum atomic E-state index is -0.120. The highest BCUT2D eigenvalue weighted by Crippen LogP contribution is 2.33. The number of halogens is 1. The molecule has 3 heterocycles. The smallest absolute Gasteiger partial charge is 0.220 e. The van der Waals surface area contributed by atoms with Gasteiger partial charge in [-0.1, -0.05) is 12.1 Å². The van der Waals surface area contributed by atoms with E-state index in [1.807, 2.05) is 12.1 Å². The normalized spacial score (nSPS) is 29.0. The lowest BCUT2D eigenvalue weighted by Crippen LogP contribution is -2.63. The Kier molecular flexibility index (Phi) is 5.37. The summed E-state index contributed by atoms with van der Waals surface area (Å²) in [5, 5.41) is 3.03. The van der Waals surface area contributed by atoms with Crippen LogP contribution >= 0.6 is 0 Å². The Bertz CT molecular complexity index is 676. The van der Waals surface area contributed by atoms with Crippen molar-refractivity contribution in [2.45, 2.75) is 43.7 Å². The van der Waals surface area contributed by atoms with Crippen molar-refractivity contribution in [3.05, 3.63) is 30.1 Å². The molecule has 0 radical (unpaired) electrons. The molecule has 3 aliphatic heterocycles. The summed E-state index contributed by atoms with van der Waals surface area (Å²) in [6.07, 6.45) is 4.75. The monoisotopic (exact) mass is 374 g/mol. The molecule has 148 valence electrons. The molecular formula is C21H31FN4O. The number of rotatable bonds is 2. The van der Waals surface area contributed by atoms with Crippen LogP contribution in [0.25, 0.3) is 0 Å². The molecule has 1 aromatic rings. The number of para-hydroxylation sites is 1. The number of hydrogen-bond donors (Lipinski definition) is 1. The topological polar surface area (TPSA) is 38.8 Å². The van der Waals surface area contributed by atoms with Crippen LogP contribution in [-0.4, -0.2) is 73.6 Å². The van der Waals surface area contributed by atoms with E-state index in [0.29, 0.717) is 12.5 Å². The number of benzene rings is 1. The van der Waals surface area contributed by atoms with E-state index in [1.54, 1.807) is 12.1 Å². The first-order chi connectivity index (χ1) is 13.1. The molecule has 1 aromatic carbocycles. The number of anilines is 1. The molecule has 1 unspecified atom stereocenters. The van der Waals surface area contributed by atoms with Crippen LogP contribution in [0, 0.1) is 5.82 Å². The number of piperazine rings is 1. The van der Waals surface area contributed by atoms with Gasteiger partial charge in [0.2, 0.25) is 5.91 Å². The Morgan fingerprint density at radius 3 is 2.67 bits per heavy atom. The van der Waals surface area contributed by atoms with Crippen molar-refractivity contribution < 1.29 is 9.18 Å². The fourth-order valence-corrected chi connectivity index (χ4v) is 5.12. The van der Waals surface area contributed by atoms with Gasteiger partial charge in [0.05, 0.1) is 5.69 Å². The standard InChI is InChI=1S/C21H31FN4O/c1-24-14-15-26(16-21(24)9-6-20(27)23-11-10-21)17-7-12-25(13-8-17)19-5-3-2-4-18(19)22/h2-5,17H,6-16H2,1H3,(H,23,27). The summed E-state index contributed by atoms with van der Waals surface area (Å²) in [6.45, 7) is 5.78. The zero-order chi connectivity index (χ0) is 18.9. The number of carbonyl (C=O) groups is 1. The molecule has 1 spiro atoms. The van der Waals surface area contributed by atoms with Gasteiger partial charge in [-0.15, -0.1) is 0 Å². The minimum Gasteiger partial charge on any atom is -0.369 e. The zero-order valence-electron chi connectivity index (χ0n) is 16.3. The van der Waals surface area contributed by atoms with Gasteiger partial charge in [-0.25, -0.2) is 4.39 Å². The molecule has 5 nitrogen and oxygen atoms in total. The van der Waals surface area contributed by atoms with Gasteiger partial charge in [-0.05, 0) is 44.9 Å². The van der Waals surface area contributed by atoms with E-state index in [4.69, 9.17) is 0 Å². The Morgan fingerprint density at radius 2 is 1.89 bits per heavy atom. The summed E-state index contributed by atoms with van der Waals surface area (Å²) >= 11 is 0. The Morgan fingerprint density at radius 1 is 1.11 bits per heavy atom. The number of amides is 1. The van der Waals surface area contributed by atoms with Crippen molar-refractivity contribution in [3.63, 3.8) is 0 Å². The first-order valence-electron chi connectivity index (χ1n) is 10.3. The number of likely N-dealkylation sites (N-methyl/N-ethyl adjacent to an activating group) is 1. The second-order valence-corrected chi connectivity index (χ2v) is 8.39. The van der Waals surface area contributed by atoms with Crippen molar-refractivity contribution >= 4 is 11.6 Å². The highest BCUT2D eigenvalue weighted by Gasteiger charge is 2.42. The second-order valence-electron chi connectivity index (χ2n) is 8.39. The van der Waals surface area contributed by atoms with Crippen LogP contribution in [0.2, 0.25) is 0 Å². The molecule has 1 amide bonds. The van der Waals surface area contributed by atoms with Crippen LogP contribution in [0.3, 0.4) is 0 Å². The zero-order valence-corrected chi connectivity index (χ0v) is 16.3. The summed E-state index contributed by atoms with van der Waals surface area (Å²) in [7, 11) is 2.22. The summed E-state index contributed by atoms with van der Waals surface area (Å²) in [4.78, 5) is 19.1. The first kappa shape index (κ1) is 18.7. The average Bonchev–Trinajstić information content (AvgIpc) is 2.87. The SMILES string of the molecule is CN1CCN(C2CCN(c3ccccc3F)CC2)CC12CCNC(=O)CC2. The molecule has 4 rings (SSSR count). The quantitative estimate of drug-likeness (QED) is 0.860. The third-order valence-corrected chi connectivity index (χ3v) is 6.93. The van der Waals surface area contributed by atoms with E-state index < -0.39 is 0 Å². The number of hydrogen-bond acceptors (Lipinski definition) is 4. The molecule has 3 saturated heterocycles. The molecule has 0 aromatic heterocycles. The minimum absolute atomic E-state index is 0.111. The largest absolute Gasteiger partial charge is 0.369 e. The molecule has 0 saturated carbocycles. The maximum Gasteiger partial charge on any atom is 0.220 e. The highest BCUT2D eigenvalue weighted by molar-refractivity contribution is 5.76. The van der Waals surface area contributed by atoms with Crippen molar-refractivity contribution in [2.24, 2.45) is 0 Å². The van der Waals surface area contributed by atoms with Gasteiger partial charge in [-0.2, -0.15) is 0 Å². The lowest BCUT2D eigenvalue weighted by Gasteiger charge is -2.52. The third kappa shape index (κ3) is 3.83. The van der Waals surface area contributed by atoms with E-state index in [9.17, 15) is 9.18 Å². The fourth-order valence-electron chi connectivity index (χ4n) is 5.12. The van der Waals surface area contributed by atoms with Gasteiger partial charge in [0.15, 0.2) is 0 Å². The van der Waals surface area contributed by atoms with Crippen molar-refractivity contribution in [3.8, 4) is 0 Å². The van der Waals surface area contributed by atoms with Gasteiger partial charge < -0.3 is 10.2 Å². The van der Waals surface area contributed by atoms with Gasteiger partial charge in [0, 0.05) is 57.3 Å². The maximum absolute atomic E-state index is 14.1. The van der Waals surface area contributed by atoms with Crippen LogP contribution in [0.4, 0.5) is 10.1 Å². The fraction of sp³-hybridized carbons (Fsp3) is 0.667. The van der Waals surface area contributed by atoms with E-state index in [1.165, 1.54) is 0 Å². The molecule has 0 aliphatic carbocycles. The number of nitrogens with one attached hydrogen (secondary N) is 1. The van der Waals surface area contributed by atoms with Crippen molar-refractivity contribution in [2.75, 3.05) is 51.2 Å². The number of nitrogens with zero attached hydrogens (tertiary/aromatic N) is 3. The van der Waals surface area contributed by atoms with E-state index >= 15 is 0 Å². The Balaban J connectivity index is 1.40. The third-order valence-electron chi connectivity index (χ3n) is 6.93. The van der Waals surface area contributed by atoms with Crippen molar-refractivity contribution in [1.82, 2.24) is 15.1 Å². The highest BCUT2D eigenvalue weighted by atomic mass is 19.1. The van der Waals surface area contributed by atoms with E-state index in [-0.39, 0.29) is 17.3 Å². The van der Waals surface area contributed by atoms with E-state index in [2.05, 4.69) is 27.1 Å². The van der Waals surface area contributed by atoms with Gasteiger partial charge >= 0.3 is 0 Å². The maximum atomic E-state index is 14.1. The molecule has 6 heteroatoms. The van der Waals surface area contributed by atoms with Crippen LogP contribution in [0.5, 0.6) is 0 Å². The average molecular weight is 375 g/mol. The summed E-state index contributed by atoms with van der Waals surface area (Å²) in [5.74, 6) is 0.0701. The molecule has 3 aliphatic rings. The summed E-state index contributed by atoms with van der Waals surface area (Å²) < 4.78 is 14.1. The molecular weight excluding hydrogens is 343 g/mol.